The summed E-state index contributed by atoms with van der Waals surface area (Å²) in [4.78, 5) is 24.7. The molecule has 2 heterocycles. The largest absolute Gasteiger partial charge is 0.322 e. The van der Waals surface area contributed by atoms with Gasteiger partial charge in [-0.05, 0) is 25.1 Å². The van der Waals surface area contributed by atoms with Crippen LogP contribution in [0.3, 0.4) is 0 Å². The fourth-order valence-electron chi connectivity index (χ4n) is 3.66. The van der Waals surface area contributed by atoms with Crippen molar-refractivity contribution in [3.05, 3.63) is 78.5 Å². The second-order valence-corrected chi connectivity index (χ2v) is 8.80. The van der Waals surface area contributed by atoms with Crippen LogP contribution in [-0.2, 0) is 20.4 Å². The monoisotopic (exact) mass is 409 g/mol. The molecule has 2 N–H and O–H groups in total. The second-order valence-electron chi connectivity index (χ2n) is 6.98. The van der Waals surface area contributed by atoms with Crippen LogP contribution in [0, 0.1) is 6.92 Å². The zero-order chi connectivity index (χ0) is 20.8. The molecule has 2 aromatic carbocycles. The third-order valence-corrected chi connectivity index (χ3v) is 6.80. The number of carbonyl (C=O) groups is 2. The summed E-state index contributed by atoms with van der Waals surface area (Å²) in [6.07, 6.45) is 3.05. The Bertz CT molecular complexity index is 1260. The van der Waals surface area contributed by atoms with Gasteiger partial charge in [-0.3, -0.25) is 10.1 Å². The van der Waals surface area contributed by atoms with E-state index in [1.54, 1.807) is 48.5 Å². The van der Waals surface area contributed by atoms with Crippen molar-refractivity contribution in [1.82, 2.24) is 14.6 Å². The molecule has 1 unspecified atom stereocenters. The predicted molar refractivity (Wildman–Crippen MR) is 109 cm³/mol. The summed E-state index contributed by atoms with van der Waals surface area (Å²) >= 11 is 0. The summed E-state index contributed by atoms with van der Waals surface area (Å²) in [7, 11) is -3.92. The topological polar surface area (TPSA) is 97.3 Å². The van der Waals surface area contributed by atoms with E-state index in [1.165, 1.54) is 12.3 Å². The minimum atomic E-state index is -3.92. The molecule has 1 aliphatic heterocycles. The van der Waals surface area contributed by atoms with Crippen LogP contribution in [0.5, 0.6) is 0 Å². The standard InChI is InChI=1S/C21H19N3O4S/c1-3-12-21(19(25)22-20(26)23-21)17-13-24(18-7-5-4-6-16(17)18)29(27,28)15-10-8-14(2)9-11-15/h3-11,13H,1,12H2,2H3,(H2,22,23,25,26). The van der Waals surface area contributed by atoms with E-state index in [0.29, 0.717) is 16.5 Å². The van der Waals surface area contributed by atoms with Gasteiger partial charge in [-0.2, -0.15) is 0 Å². The van der Waals surface area contributed by atoms with Gasteiger partial charge in [-0.1, -0.05) is 42.0 Å². The van der Waals surface area contributed by atoms with Crippen LogP contribution >= 0.6 is 0 Å². The third-order valence-electron chi connectivity index (χ3n) is 5.11. The molecule has 8 heteroatoms. The number of carbonyl (C=O) groups excluding carboxylic acids is 2. The fourth-order valence-corrected chi connectivity index (χ4v) is 5.03. The molecule has 3 aromatic rings. The Labute approximate surface area is 168 Å². The average molecular weight is 409 g/mol. The number of fused-ring (bicyclic) bond motifs is 1. The van der Waals surface area contributed by atoms with Crippen molar-refractivity contribution in [3.8, 4) is 0 Å². The van der Waals surface area contributed by atoms with Crippen molar-refractivity contribution >= 4 is 32.9 Å². The zero-order valence-corrected chi connectivity index (χ0v) is 16.5. The number of aryl methyl sites for hydroxylation is 1. The molecular formula is C21H19N3O4S. The number of rotatable bonds is 5. The Hall–Kier alpha value is -3.39. The van der Waals surface area contributed by atoms with Gasteiger partial charge in [0.15, 0.2) is 5.54 Å². The van der Waals surface area contributed by atoms with E-state index in [1.807, 2.05) is 6.92 Å². The molecule has 3 amide bonds. The van der Waals surface area contributed by atoms with Gasteiger partial charge in [-0.15, -0.1) is 6.58 Å². The molecule has 1 aliphatic rings. The second kappa shape index (κ2) is 6.59. The Kier molecular flexibility index (Phi) is 4.31. The first-order chi connectivity index (χ1) is 13.8. The van der Waals surface area contributed by atoms with E-state index in [4.69, 9.17) is 0 Å². The van der Waals surface area contributed by atoms with E-state index in [0.717, 1.165) is 9.54 Å². The highest BCUT2D eigenvalue weighted by molar-refractivity contribution is 7.90. The molecule has 7 nitrogen and oxygen atoms in total. The average Bonchev–Trinajstić information content (AvgIpc) is 3.21. The van der Waals surface area contributed by atoms with E-state index >= 15 is 0 Å². The molecule has 148 valence electrons. The number of hydrogen-bond acceptors (Lipinski definition) is 4. The Morgan fingerprint density at radius 3 is 2.41 bits per heavy atom. The summed E-state index contributed by atoms with van der Waals surface area (Å²) < 4.78 is 27.9. The van der Waals surface area contributed by atoms with E-state index < -0.39 is 27.5 Å². The highest BCUT2D eigenvalue weighted by Gasteiger charge is 2.48. The lowest BCUT2D eigenvalue weighted by Crippen LogP contribution is -2.43. The van der Waals surface area contributed by atoms with Crippen molar-refractivity contribution in [2.75, 3.05) is 0 Å². The molecule has 0 bridgehead atoms. The quantitative estimate of drug-likeness (QED) is 0.500. The smallest absolute Gasteiger partial charge is 0.319 e. The lowest BCUT2D eigenvalue weighted by atomic mass is 9.86. The zero-order valence-electron chi connectivity index (χ0n) is 15.7. The van der Waals surface area contributed by atoms with Crippen LogP contribution in [-0.4, -0.2) is 24.3 Å². The van der Waals surface area contributed by atoms with Crippen molar-refractivity contribution in [3.63, 3.8) is 0 Å². The fraction of sp³-hybridized carbons (Fsp3) is 0.143. The number of imide groups is 1. The Balaban J connectivity index is 2.00. The normalized spacial score (nSPS) is 19.2. The van der Waals surface area contributed by atoms with Gasteiger partial charge in [-0.25, -0.2) is 17.2 Å². The van der Waals surface area contributed by atoms with Crippen LogP contribution in [0.1, 0.15) is 17.5 Å². The molecule has 0 aliphatic carbocycles. The highest BCUT2D eigenvalue weighted by Crippen LogP contribution is 2.37. The van der Waals surface area contributed by atoms with Gasteiger partial charge in [0.25, 0.3) is 15.9 Å². The summed E-state index contributed by atoms with van der Waals surface area (Å²) in [5, 5.41) is 5.46. The molecule has 1 aromatic heterocycles. The number of para-hydroxylation sites is 1. The van der Waals surface area contributed by atoms with E-state index in [-0.39, 0.29) is 11.3 Å². The summed E-state index contributed by atoms with van der Waals surface area (Å²) in [5.41, 5.74) is 0.330. The number of nitrogens with zero attached hydrogens (tertiary/aromatic N) is 1. The van der Waals surface area contributed by atoms with Gasteiger partial charge < -0.3 is 5.32 Å². The molecule has 0 spiro atoms. The Morgan fingerprint density at radius 2 is 1.79 bits per heavy atom. The van der Waals surface area contributed by atoms with Crippen LogP contribution in [0.15, 0.2) is 72.3 Å². The van der Waals surface area contributed by atoms with Gasteiger partial charge in [0.05, 0.1) is 10.4 Å². The lowest BCUT2D eigenvalue weighted by molar-refractivity contribution is -0.124. The number of urea groups is 1. The lowest BCUT2D eigenvalue weighted by Gasteiger charge is -2.24. The van der Waals surface area contributed by atoms with E-state index in [2.05, 4.69) is 17.2 Å². The highest BCUT2D eigenvalue weighted by atomic mass is 32.2. The van der Waals surface area contributed by atoms with Crippen molar-refractivity contribution in [2.24, 2.45) is 0 Å². The maximum Gasteiger partial charge on any atom is 0.322 e. The van der Waals surface area contributed by atoms with Gasteiger partial charge in [0.1, 0.15) is 0 Å². The predicted octanol–water partition coefficient (Wildman–Crippen LogP) is 2.80. The van der Waals surface area contributed by atoms with Gasteiger partial charge in [0.2, 0.25) is 0 Å². The van der Waals surface area contributed by atoms with Gasteiger partial charge >= 0.3 is 6.03 Å². The first-order valence-corrected chi connectivity index (χ1v) is 10.4. The SMILES string of the molecule is C=CCC1(c2cn(S(=O)(=O)c3ccc(C)cc3)c3ccccc23)NC(=O)NC1=O. The molecule has 4 rings (SSSR count). The Morgan fingerprint density at radius 1 is 1.10 bits per heavy atom. The number of benzene rings is 2. The third kappa shape index (κ3) is 2.84. The number of amides is 3. The minimum absolute atomic E-state index is 0.114. The number of aromatic nitrogens is 1. The van der Waals surface area contributed by atoms with Crippen molar-refractivity contribution < 1.29 is 18.0 Å². The van der Waals surface area contributed by atoms with Crippen LogP contribution in [0.2, 0.25) is 0 Å². The minimum Gasteiger partial charge on any atom is -0.319 e. The molecule has 1 fully saturated rings. The number of hydrogen-bond donors (Lipinski definition) is 2. The van der Waals surface area contributed by atoms with Crippen molar-refractivity contribution in [2.45, 2.75) is 23.8 Å². The molecule has 0 radical (unpaired) electrons. The summed E-state index contributed by atoms with van der Waals surface area (Å²) in [6, 6.07) is 12.8. The number of nitrogens with one attached hydrogen (secondary N) is 2. The van der Waals surface area contributed by atoms with Gasteiger partial charge in [0, 0.05) is 23.6 Å². The summed E-state index contributed by atoms with van der Waals surface area (Å²) in [5.74, 6) is -0.543. The van der Waals surface area contributed by atoms with Crippen LogP contribution in [0.25, 0.3) is 10.9 Å². The van der Waals surface area contributed by atoms with Crippen molar-refractivity contribution in [1.29, 1.82) is 0 Å². The van der Waals surface area contributed by atoms with Crippen LogP contribution in [0.4, 0.5) is 4.79 Å². The van der Waals surface area contributed by atoms with E-state index in [9.17, 15) is 18.0 Å². The molecule has 29 heavy (non-hydrogen) atoms. The maximum absolute atomic E-state index is 13.4. The molecule has 1 saturated heterocycles. The first-order valence-electron chi connectivity index (χ1n) is 8.97. The maximum atomic E-state index is 13.4. The molecule has 0 saturated carbocycles. The first kappa shape index (κ1) is 18.9. The molecule has 1 atom stereocenters. The summed E-state index contributed by atoms with van der Waals surface area (Å²) in [6.45, 7) is 5.56. The molecular weight excluding hydrogens is 390 g/mol. The van der Waals surface area contributed by atoms with Crippen LogP contribution < -0.4 is 10.6 Å².